The first kappa shape index (κ1) is 17.9. The normalized spacial score (nSPS) is 15.2. The van der Waals surface area contributed by atoms with Gasteiger partial charge in [-0.15, -0.1) is 0 Å². The molecule has 2 aromatic carbocycles. The third-order valence-electron chi connectivity index (χ3n) is 5.69. The molecule has 0 spiro atoms. The summed E-state index contributed by atoms with van der Waals surface area (Å²) in [5.74, 6) is 0.365. The van der Waals surface area contributed by atoms with Crippen LogP contribution in [0.25, 0.3) is 16.5 Å². The molecule has 1 aliphatic rings. The molecule has 0 aliphatic carbocycles. The number of H-pyrrole nitrogens is 1. The zero-order chi connectivity index (χ0) is 18.6. The van der Waals surface area contributed by atoms with Crippen molar-refractivity contribution in [3.8, 4) is 5.75 Å². The molecule has 27 heavy (non-hydrogen) atoms. The van der Waals surface area contributed by atoms with E-state index in [2.05, 4.69) is 58.6 Å². The Morgan fingerprint density at radius 2 is 1.96 bits per heavy atom. The van der Waals surface area contributed by atoms with Crippen molar-refractivity contribution < 1.29 is 5.11 Å². The van der Waals surface area contributed by atoms with Gasteiger partial charge in [0.15, 0.2) is 0 Å². The van der Waals surface area contributed by atoms with Crippen molar-refractivity contribution in [3.63, 3.8) is 0 Å². The maximum Gasteiger partial charge on any atom is 0.120 e. The predicted molar refractivity (Wildman–Crippen MR) is 113 cm³/mol. The Kier molecular flexibility index (Phi) is 5.30. The van der Waals surface area contributed by atoms with Gasteiger partial charge in [-0.05, 0) is 67.5 Å². The Balaban J connectivity index is 1.27. The Hall–Kier alpha value is -2.52. The van der Waals surface area contributed by atoms with Gasteiger partial charge in [-0.1, -0.05) is 36.4 Å². The molecule has 0 radical (unpaired) electrons. The zero-order valence-electron chi connectivity index (χ0n) is 16.0. The zero-order valence-corrected chi connectivity index (χ0v) is 16.0. The molecule has 0 unspecified atom stereocenters. The van der Waals surface area contributed by atoms with Gasteiger partial charge in [0.2, 0.25) is 0 Å². The highest BCUT2D eigenvalue weighted by Gasteiger charge is 2.12. The molecule has 140 valence electrons. The molecule has 0 fully saturated rings. The van der Waals surface area contributed by atoms with E-state index in [-0.39, 0.29) is 0 Å². The molecule has 2 N–H and O–H groups in total. The maximum atomic E-state index is 9.85. The number of aromatic amines is 1. The fraction of sp³-hybridized carbons (Fsp3) is 0.333. The minimum absolute atomic E-state index is 0.365. The predicted octanol–water partition coefficient (Wildman–Crippen LogP) is 5.29. The standard InChI is InChI=1S/C24H28N2O/c1-18-15-22-21(17-25-23(22)16-24(18)27)9-5-6-12-26-13-10-20(11-14-26)19-7-3-2-4-8-19/h2-4,7-8,10,15-17,25,27H,5-6,9,11-14H2,1H3. The average molecular weight is 361 g/mol. The summed E-state index contributed by atoms with van der Waals surface area (Å²) >= 11 is 0. The van der Waals surface area contributed by atoms with Crippen LogP contribution in [0.5, 0.6) is 5.75 Å². The second-order valence-electron chi connectivity index (χ2n) is 7.60. The summed E-state index contributed by atoms with van der Waals surface area (Å²) in [6.07, 6.45) is 9.14. The van der Waals surface area contributed by atoms with Crippen LogP contribution < -0.4 is 0 Å². The highest BCUT2D eigenvalue weighted by Crippen LogP contribution is 2.27. The quantitative estimate of drug-likeness (QED) is 0.586. The van der Waals surface area contributed by atoms with Crippen LogP contribution in [-0.4, -0.2) is 34.6 Å². The van der Waals surface area contributed by atoms with Gasteiger partial charge < -0.3 is 10.1 Å². The number of rotatable bonds is 6. The SMILES string of the molecule is Cc1cc2c(CCCCN3CC=C(c4ccccc4)CC3)c[nH]c2cc1O. The summed E-state index contributed by atoms with van der Waals surface area (Å²) in [5, 5.41) is 11.1. The van der Waals surface area contributed by atoms with E-state index in [9.17, 15) is 5.11 Å². The first-order chi connectivity index (χ1) is 13.2. The fourth-order valence-corrected chi connectivity index (χ4v) is 4.01. The minimum atomic E-state index is 0.365. The van der Waals surface area contributed by atoms with Gasteiger partial charge in [0, 0.05) is 36.3 Å². The molecule has 0 saturated heterocycles. The number of hydrogen-bond acceptors (Lipinski definition) is 2. The van der Waals surface area contributed by atoms with Crippen molar-refractivity contribution in [1.82, 2.24) is 9.88 Å². The van der Waals surface area contributed by atoms with Gasteiger partial charge in [-0.25, -0.2) is 0 Å². The van der Waals surface area contributed by atoms with E-state index in [0.717, 1.165) is 37.0 Å². The number of phenols is 1. The topological polar surface area (TPSA) is 39.3 Å². The molecule has 4 rings (SSSR count). The van der Waals surface area contributed by atoms with E-state index in [4.69, 9.17) is 0 Å². The second-order valence-corrected chi connectivity index (χ2v) is 7.60. The largest absolute Gasteiger partial charge is 0.508 e. The highest BCUT2D eigenvalue weighted by molar-refractivity contribution is 5.85. The Labute approximate surface area is 161 Å². The molecular formula is C24H28N2O. The molecule has 0 atom stereocenters. The van der Waals surface area contributed by atoms with Crippen molar-refractivity contribution >= 4 is 16.5 Å². The molecule has 0 amide bonds. The molecule has 3 nitrogen and oxygen atoms in total. The molecule has 1 aromatic heterocycles. The first-order valence-corrected chi connectivity index (χ1v) is 9.97. The van der Waals surface area contributed by atoms with Crippen LogP contribution in [0, 0.1) is 6.92 Å². The van der Waals surface area contributed by atoms with E-state index >= 15 is 0 Å². The number of nitrogens with one attached hydrogen (secondary N) is 1. The first-order valence-electron chi connectivity index (χ1n) is 9.97. The van der Waals surface area contributed by atoms with Crippen molar-refractivity contribution in [3.05, 3.63) is 71.4 Å². The number of aryl methyl sites for hydroxylation is 2. The number of aromatic hydroxyl groups is 1. The number of phenolic OH excluding ortho intramolecular Hbond substituents is 1. The Morgan fingerprint density at radius 1 is 1.11 bits per heavy atom. The highest BCUT2D eigenvalue weighted by atomic mass is 16.3. The lowest BCUT2D eigenvalue weighted by Gasteiger charge is -2.26. The monoisotopic (exact) mass is 360 g/mol. The van der Waals surface area contributed by atoms with E-state index in [1.165, 1.54) is 41.5 Å². The van der Waals surface area contributed by atoms with E-state index < -0.39 is 0 Å². The van der Waals surface area contributed by atoms with E-state index in [1.54, 1.807) is 0 Å². The third kappa shape index (κ3) is 4.09. The molecule has 3 heteroatoms. The number of unbranched alkanes of at least 4 members (excludes halogenated alkanes) is 1. The van der Waals surface area contributed by atoms with Gasteiger partial charge in [0.1, 0.15) is 5.75 Å². The van der Waals surface area contributed by atoms with Crippen LogP contribution in [0.3, 0.4) is 0 Å². The number of benzene rings is 2. The van der Waals surface area contributed by atoms with Gasteiger partial charge >= 0.3 is 0 Å². The number of fused-ring (bicyclic) bond motifs is 1. The molecular weight excluding hydrogens is 332 g/mol. The third-order valence-corrected chi connectivity index (χ3v) is 5.69. The number of hydrogen-bond donors (Lipinski definition) is 2. The van der Waals surface area contributed by atoms with Gasteiger partial charge in [-0.2, -0.15) is 0 Å². The average Bonchev–Trinajstić information content (AvgIpc) is 3.08. The van der Waals surface area contributed by atoms with Crippen LogP contribution in [0.1, 0.15) is 36.0 Å². The summed E-state index contributed by atoms with van der Waals surface area (Å²) in [6.45, 7) is 5.35. The summed E-state index contributed by atoms with van der Waals surface area (Å²) in [4.78, 5) is 5.85. The van der Waals surface area contributed by atoms with E-state index in [0.29, 0.717) is 5.75 Å². The van der Waals surface area contributed by atoms with Gasteiger partial charge in [0.25, 0.3) is 0 Å². The molecule has 3 aromatic rings. The van der Waals surface area contributed by atoms with Crippen molar-refractivity contribution in [1.29, 1.82) is 0 Å². The van der Waals surface area contributed by atoms with Crippen LogP contribution in [0.15, 0.2) is 54.7 Å². The lowest BCUT2D eigenvalue weighted by atomic mass is 9.99. The van der Waals surface area contributed by atoms with Crippen LogP contribution in [0.2, 0.25) is 0 Å². The summed E-state index contributed by atoms with van der Waals surface area (Å²) in [6, 6.07) is 14.7. The van der Waals surface area contributed by atoms with Crippen LogP contribution in [-0.2, 0) is 6.42 Å². The molecule has 2 heterocycles. The van der Waals surface area contributed by atoms with Crippen LogP contribution >= 0.6 is 0 Å². The van der Waals surface area contributed by atoms with E-state index in [1.807, 2.05) is 13.0 Å². The smallest absolute Gasteiger partial charge is 0.120 e. The minimum Gasteiger partial charge on any atom is -0.508 e. The molecule has 0 saturated carbocycles. The van der Waals surface area contributed by atoms with Crippen molar-refractivity contribution in [2.24, 2.45) is 0 Å². The molecule has 1 aliphatic heterocycles. The molecule has 0 bridgehead atoms. The maximum absolute atomic E-state index is 9.85. The lowest BCUT2D eigenvalue weighted by Crippen LogP contribution is -2.29. The summed E-state index contributed by atoms with van der Waals surface area (Å²) in [7, 11) is 0. The van der Waals surface area contributed by atoms with Crippen molar-refractivity contribution in [2.75, 3.05) is 19.6 Å². The fourth-order valence-electron chi connectivity index (χ4n) is 4.01. The number of nitrogens with zero attached hydrogens (tertiary/aromatic N) is 1. The van der Waals surface area contributed by atoms with Crippen molar-refractivity contribution in [2.45, 2.75) is 32.6 Å². The summed E-state index contributed by atoms with van der Waals surface area (Å²) in [5.41, 5.74) is 6.19. The Bertz CT molecular complexity index is 940. The number of aromatic nitrogens is 1. The lowest BCUT2D eigenvalue weighted by molar-refractivity contribution is 0.295. The van der Waals surface area contributed by atoms with Gasteiger partial charge in [0.05, 0.1) is 0 Å². The van der Waals surface area contributed by atoms with Crippen LogP contribution in [0.4, 0.5) is 0 Å². The second kappa shape index (κ2) is 8.01. The summed E-state index contributed by atoms with van der Waals surface area (Å²) < 4.78 is 0. The Morgan fingerprint density at radius 3 is 2.74 bits per heavy atom. The van der Waals surface area contributed by atoms with Gasteiger partial charge in [-0.3, -0.25) is 4.90 Å².